The maximum Gasteiger partial charge on any atom is 0.254 e. The molecular formula is C18H16ClNO. The summed E-state index contributed by atoms with van der Waals surface area (Å²) in [6, 6.07) is 13.9. The number of benzene rings is 2. The van der Waals surface area contributed by atoms with E-state index in [4.69, 9.17) is 11.6 Å². The Bertz CT molecular complexity index is 731. The molecular weight excluding hydrogens is 282 g/mol. The third-order valence-corrected chi connectivity index (χ3v) is 3.97. The fourth-order valence-electron chi connectivity index (χ4n) is 2.57. The van der Waals surface area contributed by atoms with E-state index < -0.39 is 0 Å². The molecule has 0 saturated heterocycles. The lowest BCUT2D eigenvalue weighted by atomic mass is 9.93. The number of carbonyl (C=O) groups is 1. The van der Waals surface area contributed by atoms with Gasteiger partial charge in [-0.1, -0.05) is 47.5 Å². The van der Waals surface area contributed by atoms with E-state index in [1.165, 1.54) is 5.56 Å². The van der Waals surface area contributed by atoms with Crippen LogP contribution in [0.1, 0.15) is 22.3 Å². The molecule has 0 bridgehead atoms. The number of likely N-dealkylation sites (N-methyl/N-ethyl adjacent to an activating group) is 1. The second-order valence-corrected chi connectivity index (χ2v) is 5.87. The van der Waals surface area contributed by atoms with Crippen molar-refractivity contribution in [1.29, 1.82) is 0 Å². The number of aryl methyl sites for hydroxylation is 1. The zero-order chi connectivity index (χ0) is 15.0. The highest BCUT2D eigenvalue weighted by Gasteiger charge is 2.25. The van der Waals surface area contributed by atoms with Gasteiger partial charge in [-0.05, 0) is 41.8 Å². The highest BCUT2D eigenvalue weighted by atomic mass is 35.5. The monoisotopic (exact) mass is 297 g/mol. The van der Waals surface area contributed by atoms with Crippen molar-refractivity contribution in [3.05, 3.63) is 69.7 Å². The molecule has 0 saturated carbocycles. The van der Waals surface area contributed by atoms with Crippen LogP contribution >= 0.6 is 11.6 Å². The second-order valence-electron chi connectivity index (χ2n) is 5.43. The summed E-state index contributed by atoms with van der Waals surface area (Å²) < 4.78 is 0. The third kappa shape index (κ3) is 2.72. The Kier molecular flexibility index (Phi) is 3.56. The summed E-state index contributed by atoms with van der Waals surface area (Å²) in [5.41, 5.74) is 5.02. The number of halogens is 1. The molecule has 1 aliphatic rings. The molecule has 3 heteroatoms. The fraction of sp³-hybridized carbons (Fsp3) is 0.167. The van der Waals surface area contributed by atoms with E-state index in [2.05, 4.69) is 0 Å². The first-order chi connectivity index (χ1) is 10.0. The number of carbonyl (C=O) groups excluding carboxylic acids is 1. The van der Waals surface area contributed by atoms with E-state index in [9.17, 15) is 4.79 Å². The highest BCUT2D eigenvalue weighted by molar-refractivity contribution is 6.31. The molecule has 0 fully saturated rings. The average molecular weight is 298 g/mol. The fourth-order valence-corrected chi connectivity index (χ4v) is 2.77. The van der Waals surface area contributed by atoms with E-state index in [-0.39, 0.29) is 5.91 Å². The second kappa shape index (κ2) is 5.38. The van der Waals surface area contributed by atoms with Crippen LogP contribution in [0.25, 0.3) is 11.6 Å². The Morgan fingerprint density at radius 3 is 2.57 bits per heavy atom. The lowest BCUT2D eigenvalue weighted by Crippen LogP contribution is -2.31. The maximum atomic E-state index is 12.5. The van der Waals surface area contributed by atoms with Crippen LogP contribution < -0.4 is 0 Å². The van der Waals surface area contributed by atoms with E-state index >= 15 is 0 Å². The van der Waals surface area contributed by atoms with Crippen molar-refractivity contribution in [1.82, 2.24) is 4.90 Å². The van der Waals surface area contributed by atoms with Gasteiger partial charge in [0.05, 0.1) is 0 Å². The molecule has 2 aromatic carbocycles. The van der Waals surface area contributed by atoms with Gasteiger partial charge in [-0.3, -0.25) is 4.79 Å². The van der Waals surface area contributed by atoms with Gasteiger partial charge in [0.15, 0.2) is 0 Å². The molecule has 21 heavy (non-hydrogen) atoms. The summed E-state index contributed by atoms with van der Waals surface area (Å²) in [5.74, 6) is 0.0467. The van der Waals surface area contributed by atoms with Gasteiger partial charge in [0.25, 0.3) is 5.91 Å². The Balaban J connectivity index is 2.12. The van der Waals surface area contributed by atoms with Gasteiger partial charge in [-0.25, -0.2) is 0 Å². The minimum atomic E-state index is 0.0467. The van der Waals surface area contributed by atoms with Crippen LogP contribution in [0.5, 0.6) is 0 Å². The molecule has 0 N–H and O–H groups in total. The third-order valence-electron chi connectivity index (χ3n) is 3.73. The topological polar surface area (TPSA) is 20.3 Å². The summed E-state index contributed by atoms with van der Waals surface area (Å²) in [6.45, 7) is 2.65. The molecule has 1 heterocycles. The number of fused-ring (bicyclic) bond motifs is 1. The number of hydrogen-bond donors (Lipinski definition) is 0. The molecule has 2 nitrogen and oxygen atoms in total. The molecule has 3 rings (SSSR count). The summed E-state index contributed by atoms with van der Waals surface area (Å²) >= 11 is 6.06. The van der Waals surface area contributed by atoms with Crippen molar-refractivity contribution in [2.45, 2.75) is 13.5 Å². The molecule has 2 aromatic rings. The van der Waals surface area contributed by atoms with E-state index in [0.717, 1.165) is 22.3 Å². The Morgan fingerprint density at radius 2 is 1.86 bits per heavy atom. The molecule has 1 aliphatic heterocycles. The predicted molar refractivity (Wildman–Crippen MR) is 87.0 cm³/mol. The summed E-state index contributed by atoms with van der Waals surface area (Å²) in [6.07, 6.45) is 1.95. The Labute approximate surface area is 129 Å². The van der Waals surface area contributed by atoms with E-state index in [1.807, 2.05) is 62.5 Å². The quantitative estimate of drug-likeness (QED) is 0.724. The lowest BCUT2D eigenvalue weighted by molar-refractivity contribution is -0.124. The minimum Gasteiger partial charge on any atom is -0.337 e. The van der Waals surface area contributed by atoms with Gasteiger partial charge < -0.3 is 4.90 Å². The molecule has 0 spiro atoms. The van der Waals surface area contributed by atoms with E-state index in [0.29, 0.717) is 11.6 Å². The van der Waals surface area contributed by atoms with Gasteiger partial charge in [-0.2, -0.15) is 0 Å². The number of rotatable bonds is 1. The normalized spacial score (nSPS) is 16.2. The number of nitrogens with zero attached hydrogens (tertiary/aromatic N) is 1. The van der Waals surface area contributed by atoms with Gasteiger partial charge in [0.1, 0.15) is 0 Å². The first kappa shape index (κ1) is 13.9. The van der Waals surface area contributed by atoms with Crippen LogP contribution in [0.15, 0.2) is 42.5 Å². The standard InChI is InChI=1S/C18H16ClNO/c1-12-3-5-13(6-4-12)9-17-16-8-7-15(19)10-14(16)11-20(2)18(17)21/h3-10H,11H2,1-2H3/b17-9-. The van der Waals surface area contributed by atoms with Crippen molar-refractivity contribution in [3.63, 3.8) is 0 Å². The number of amides is 1. The van der Waals surface area contributed by atoms with Crippen LogP contribution in [-0.2, 0) is 11.3 Å². The molecule has 0 radical (unpaired) electrons. The van der Waals surface area contributed by atoms with Gasteiger partial charge in [-0.15, -0.1) is 0 Å². The largest absolute Gasteiger partial charge is 0.337 e. The zero-order valence-corrected chi connectivity index (χ0v) is 12.8. The van der Waals surface area contributed by atoms with Crippen LogP contribution in [0.4, 0.5) is 0 Å². The summed E-state index contributed by atoms with van der Waals surface area (Å²) in [4.78, 5) is 14.2. The number of hydrogen-bond acceptors (Lipinski definition) is 1. The van der Waals surface area contributed by atoms with Crippen LogP contribution in [0, 0.1) is 6.92 Å². The lowest BCUT2D eigenvalue weighted by Gasteiger charge is -2.27. The SMILES string of the molecule is Cc1ccc(/C=C2\C(=O)N(C)Cc3cc(Cl)ccc32)cc1. The summed E-state index contributed by atoms with van der Waals surface area (Å²) in [7, 11) is 1.81. The van der Waals surface area contributed by atoms with Crippen LogP contribution in [0.2, 0.25) is 5.02 Å². The van der Waals surface area contributed by atoms with Crippen molar-refractivity contribution in [2.24, 2.45) is 0 Å². The van der Waals surface area contributed by atoms with E-state index in [1.54, 1.807) is 4.90 Å². The molecule has 1 amide bonds. The van der Waals surface area contributed by atoms with Gasteiger partial charge in [0.2, 0.25) is 0 Å². The predicted octanol–water partition coefficient (Wildman–Crippen LogP) is 4.16. The zero-order valence-electron chi connectivity index (χ0n) is 12.1. The molecule has 0 aliphatic carbocycles. The Morgan fingerprint density at radius 1 is 1.14 bits per heavy atom. The summed E-state index contributed by atoms with van der Waals surface area (Å²) in [5, 5.41) is 0.700. The molecule has 106 valence electrons. The maximum absolute atomic E-state index is 12.5. The Hall–Kier alpha value is -2.06. The highest BCUT2D eigenvalue weighted by Crippen LogP contribution is 2.31. The first-order valence-corrected chi connectivity index (χ1v) is 7.25. The van der Waals surface area contributed by atoms with Crippen LogP contribution in [0.3, 0.4) is 0 Å². The van der Waals surface area contributed by atoms with Crippen molar-refractivity contribution >= 4 is 29.2 Å². The van der Waals surface area contributed by atoms with Gasteiger partial charge in [0, 0.05) is 24.2 Å². The van der Waals surface area contributed by atoms with Gasteiger partial charge >= 0.3 is 0 Å². The first-order valence-electron chi connectivity index (χ1n) is 6.87. The molecule has 0 atom stereocenters. The smallest absolute Gasteiger partial charge is 0.254 e. The van der Waals surface area contributed by atoms with Crippen molar-refractivity contribution < 1.29 is 4.79 Å². The molecule has 0 aromatic heterocycles. The average Bonchev–Trinajstić information content (AvgIpc) is 2.46. The minimum absolute atomic E-state index is 0.0467. The van der Waals surface area contributed by atoms with Crippen molar-refractivity contribution in [3.8, 4) is 0 Å². The van der Waals surface area contributed by atoms with Crippen molar-refractivity contribution in [2.75, 3.05) is 7.05 Å². The molecule has 0 unspecified atom stereocenters. The van der Waals surface area contributed by atoms with Crippen LogP contribution in [-0.4, -0.2) is 17.9 Å².